The summed E-state index contributed by atoms with van der Waals surface area (Å²) in [6.07, 6.45) is 3.22. The van der Waals surface area contributed by atoms with Crippen molar-refractivity contribution in [3.05, 3.63) is 0 Å². The molecule has 0 N–H and O–H groups in total. The van der Waals surface area contributed by atoms with Crippen LogP contribution in [0.5, 0.6) is 0 Å². The maximum atomic E-state index is 12.5. The van der Waals surface area contributed by atoms with Crippen LogP contribution in [0.3, 0.4) is 0 Å². The highest BCUT2D eigenvalue weighted by atomic mass is 32.2. The average molecular weight is 300 g/mol. The molecule has 0 aromatic rings. The normalized spacial score (nSPS) is 29.6. The van der Waals surface area contributed by atoms with Crippen LogP contribution in [0.2, 0.25) is 0 Å². The lowest BCUT2D eigenvalue weighted by molar-refractivity contribution is -0.133. The molecule has 0 bridgehead atoms. The fourth-order valence-corrected chi connectivity index (χ4v) is 4.03. The summed E-state index contributed by atoms with van der Waals surface area (Å²) < 4.78 is 5.45. The predicted molar refractivity (Wildman–Crippen MR) is 84.1 cm³/mol. The second kappa shape index (κ2) is 7.66. The second-order valence-corrected chi connectivity index (χ2v) is 6.89. The first-order valence-electron chi connectivity index (χ1n) is 7.76. The molecular weight excluding hydrogens is 272 g/mol. The summed E-state index contributed by atoms with van der Waals surface area (Å²) in [7, 11) is 0. The van der Waals surface area contributed by atoms with Gasteiger partial charge >= 0.3 is 0 Å². The Hall–Kier alpha value is -0.260. The number of rotatable bonds is 5. The Balaban J connectivity index is 1.96. The topological polar surface area (TPSA) is 32.8 Å². The van der Waals surface area contributed by atoms with Crippen molar-refractivity contribution in [1.29, 1.82) is 0 Å². The van der Waals surface area contributed by atoms with Crippen LogP contribution in [-0.4, -0.2) is 73.2 Å². The molecule has 2 fully saturated rings. The molecule has 20 heavy (non-hydrogen) atoms. The number of amides is 1. The summed E-state index contributed by atoms with van der Waals surface area (Å²) in [4.78, 5) is 17.1. The third kappa shape index (κ3) is 3.68. The highest BCUT2D eigenvalue weighted by Crippen LogP contribution is 2.27. The molecule has 0 aromatic carbocycles. The molecule has 2 heterocycles. The van der Waals surface area contributed by atoms with E-state index in [9.17, 15) is 4.79 Å². The summed E-state index contributed by atoms with van der Waals surface area (Å²) >= 11 is 1.76. The van der Waals surface area contributed by atoms with Crippen LogP contribution < -0.4 is 0 Å². The Morgan fingerprint density at radius 3 is 2.65 bits per heavy atom. The second-order valence-electron chi connectivity index (χ2n) is 5.98. The number of thioether (sulfide) groups is 1. The molecule has 2 saturated heterocycles. The van der Waals surface area contributed by atoms with Crippen molar-refractivity contribution in [2.75, 3.05) is 51.4 Å². The van der Waals surface area contributed by atoms with E-state index in [1.54, 1.807) is 11.8 Å². The van der Waals surface area contributed by atoms with E-state index in [-0.39, 0.29) is 5.92 Å². The van der Waals surface area contributed by atoms with Gasteiger partial charge in [0.05, 0.1) is 13.2 Å². The molecule has 1 amide bonds. The highest BCUT2D eigenvalue weighted by molar-refractivity contribution is 7.98. The van der Waals surface area contributed by atoms with Gasteiger partial charge in [-0.25, -0.2) is 0 Å². The van der Waals surface area contributed by atoms with Crippen molar-refractivity contribution in [3.63, 3.8) is 0 Å². The summed E-state index contributed by atoms with van der Waals surface area (Å²) in [5.74, 6) is 2.03. The van der Waals surface area contributed by atoms with E-state index in [1.807, 2.05) is 0 Å². The molecule has 116 valence electrons. The molecule has 2 aliphatic rings. The Morgan fingerprint density at radius 2 is 2.05 bits per heavy atom. The van der Waals surface area contributed by atoms with E-state index in [0.717, 1.165) is 51.6 Å². The monoisotopic (exact) mass is 300 g/mol. The molecular formula is C15H28N2O2S. The molecule has 0 aliphatic carbocycles. The molecule has 2 rings (SSSR count). The van der Waals surface area contributed by atoms with Crippen LogP contribution in [0.25, 0.3) is 0 Å². The largest absolute Gasteiger partial charge is 0.379 e. The molecule has 0 radical (unpaired) electrons. The summed E-state index contributed by atoms with van der Waals surface area (Å²) in [5.41, 5.74) is 0. The van der Waals surface area contributed by atoms with Gasteiger partial charge in [-0.2, -0.15) is 11.8 Å². The molecule has 2 aliphatic heterocycles. The zero-order valence-electron chi connectivity index (χ0n) is 13.0. The van der Waals surface area contributed by atoms with Gasteiger partial charge in [0.2, 0.25) is 5.91 Å². The van der Waals surface area contributed by atoms with Gasteiger partial charge in [-0.3, -0.25) is 9.69 Å². The van der Waals surface area contributed by atoms with E-state index >= 15 is 0 Å². The van der Waals surface area contributed by atoms with Gasteiger partial charge in [0.1, 0.15) is 0 Å². The average Bonchev–Trinajstić information content (AvgIpc) is 2.91. The first kappa shape index (κ1) is 16.1. The number of hydrogen-bond acceptors (Lipinski definition) is 4. The number of carbonyl (C=O) groups is 1. The summed E-state index contributed by atoms with van der Waals surface area (Å²) in [5, 5.41) is 0. The van der Waals surface area contributed by atoms with E-state index in [0.29, 0.717) is 17.9 Å². The standard InChI is InChI=1S/C15H28N2O2S/c1-4-13-9-17(15(18)12(2)11-20-3)10-14(13)16-5-7-19-8-6-16/h12-14H,4-11H2,1-3H3/t12-,13+,14+/m0/s1. The van der Waals surface area contributed by atoms with E-state index < -0.39 is 0 Å². The van der Waals surface area contributed by atoms with Crippen LogP contribution in [0.1, 0.15) is 20.3 Å². The summed E-state index contributed by atoms with van der Waals surface area (Å²) in [6.45, 7) is 9.87. The lowest BCUT2D eigenvalue weighted by Gasteiger charge is -2.34. The van der Waals surface area contributed by atoms with Gasteiger partial charge < -0.3 is 9.64 Å². The van der Waals surface area contributed by atoms with Crippen molar-refractivity contribution < 1.29 is 9.53 Å². The smallest absolute Gasteiger partial charge is 0.226 e. The van der Waals surface area contributed by atoms with E-state index in [2.05, 4.69) is 29.9 Å². The van der Waals surface area contributed by atoms with Gasteiger partial charge in [-0.15, -0.1) is 0 Å². The third-order valence-electron chi connectivity index (χ3n) is 4.60. The first-order chi connectivity index (χ1) is 9.67. The van der Waals surface area contributed by atoms with Gasteiger partial charge in [0, 0.05) is 43.9 Å². The number of morpholine rings is 1. The molecule has 4 nitrogen and oxygen atoms in total. The minimum atomic E-state index is 0.144. The highest BCUT2D eigenvalue weighted by Gasteiger charge is 2.38. The Kier molecular flexibility index (Phi) is 6.18. The third-order valence-corrected chi connectivity index (χ3v) is 5.43. The lowest BCUT2D eigenvalue weighted by Crippen LogP contribution is -2.47. The van der Waals surface area contributed by atoms with Crippen LogP contribution in [-0.2, 0) is 9.53 Å². The predicted octanol–water partition coefficient (Wildman–Crippen LogP) is 1.55. The van der Waals surface area contributed by atoms with Crippen LogP contribution in [0.4, 0.5) is 0 Å². The van der Waals surface area contributed by atoms with Gasteiger partial charge in [0.15, 0.2) is 0 Å². The van der Waals surface area contributed by atoms with Crippen molar-refractivity contribution >= 4 is 17.7 Å². The van der Waals surface area contributed by atoms with Crippen LogP contribution >= 0.6 is 11.8 Å². The lowest BCUT2D eigenvalue weighted by atomic mass is 9.99. The van der Waals surface area contributed by atoms with E-state index in [1.165, 1.54) is 0 Å². The van der Waals surface area contributed by atoms with Crippen LogP contribution in [0.15, 0.2) is 0 Å². The Labute approximate surface area is 127 Å². The maximum Gasteiger partial charge on any atom is 0.226 e. The molecule has 0 saturated carbocycles. The quantitative estimate of drug-likeness (QED) is 0.771. The molecule has 3 atom stereocenters. The fraction of sp³-hybridized carbons (Fsp3) is 0.933. The van der Waals surface area contributed by atoms with Gasteiger partial charge in [-0.05, 0) is 12.2 Å². The van der Waals surface area contributed by atoms with Crippen LogP contribution in [0, 0.1) is 11.8 Å². The minimum absolute atomic E-state index is 0.144. The zero-order chi connectivity index (χ0) is 14.5. The van der Waals surface area contributed by atoms with Crippen molar-refractivity contribution in [1.82, 2.24) is 9.80 Å². The maximum absolute atomic E-state index is 12.5. The zero-order valence-corrected chi connectivity index (χ0v) is 13.8. The SMILES string of the molecule is CC[C@@H]1CN(C(=O)[C@@H](C)CSC)C[C@H]1N1CCOCC1. The molecule has 0 spiro atoms. The van der Waals surface area contributed by atoms with Gasteiger partial charge in [-0.1, -0.05) is 20.3 Å². The molecule has 5 heteroatoms. The van der Waals surface area contributed by atoms with Crippen molar-refractivity contribution in [2.45, 2.75) is 26.3 Å². The summed E-state index contributed by atoms with van der Waals surface area (Å²) in [6, 6.07) is 0.536. The fourth-order valence-electron chi connectivity index (χ4n) is 3.39. The number of carbonyl (C=O) groups excluding carboxylic acids is 1. The van der Waals surface area contributed by atoms with E-state index in [4.69, 9.17) is 4.74 Å². The van der Waals surface area contributed by atoms with Crippen molar-refractivity contribution in [2.24, 2.45) is 11.8 Å². The molecule has 0 aromatic heterocycles. The Morgan fingerprint density at radius 1 is 1.35 bits per heavy atom. The molecule has 0 unspecified atom stereocenters. The number of hydrogen-bond donors (Lipinski definition) is 0. The van der Waals surface area contributed by atoms with Crippen molar-refractivity contribution in [3.8, 4) is 0 Å². The minimum Gasteiger partial charge on any atom is -0.379 e. The number of ether oxygens (including phenoxy) is 1. The first-order valence-corrected chi connectivity index (χ1v) is 9.16. The Bertz CT molecular complexity index is 321. The number of likely N-dealkylation sites (tertiary alicyclic amines) is 1. The number of nitrogens with zero attached hydrogens (tertiary/aromatic N) is 2. The van der Waals surface area contributed by atoms with Gasteiger partial charge in [0.25, 0.3) is 0 Å².